The van der Waals surface area contributed by atoms with Gasteiger partial charge in [-0.3, -0.25) is 0 Å². The fraction of sp³-hybridized carbons (Fsp3) is 0.0769. The molecule has 1 N–H and O–H groups in total. The minimum atomic E-state index is -3.64. The van der Waals surface area contributed by atoms with Crippen molar-refractivity contribution in [1.29, 1.82) is 0 Å². The highest BCUT2D eigenvalue weighted by atomic mass is 79.9. The van der Waals surface area contributed by atoms with Crippen LogP contribution in [0.2, 0.25) is 5.02 Å². The van der Waals surface area contributed by atoms with Crippen LogP contribution >= 0.6 is 43.5 Å². The third kappa shape index (κ3) is 4.05. The second-order valence-electron chi connectivity index (χ2n) is 4.03. The third-order valence-corrected chi connectivity index (χ3v) is 5.41. The van der Waals surface area contributed by atoms with Crippen LogP contribution in [0.25, 0.3) is 0 Å². The van der Waals surface area contributed by atoms with E-state index in [-0.39, 0.29) is 16.5 Å². The Morgan fingerprint density at radius 2 is 1.75 bits per heavy atom. The fourth-order valence-electron chi connectivity index (χ4n) is 1.60. The van der Waals surface area contributed by atoms with E-state index in [1.807, 2.05) is 24.3 Å². The predicted molar refractivity (Wildman–Crippen MR) is 87.3 cm³/mol. The Morgan fingerprint density at radius 1 is 1.05 bits per heavy atom. The second-order valence-corrected chi connectivity index (χ2v) is 8.00. The first kappa shape index (κ1) is 16.0. The van der Waals surface area contributed by atoms with Gasteiger partial charge >= 0.3 is 0 Å². The maximum atomic E-state index is 12.2. The highest BCUT2D eigenvalue weighted by molar-refractivity contribution is 9.10. The van der Waals surface area contributed by atoms with Gasteiger partial charge in [-0.25, -0.2) is 13.1 Å². The van der Waals surface area contributed by atoms with Gasteiger partial charge < -0.3 is 0 Å². The van der Waals surface area contributed by atoms with Crippen molar-refractivity contribution in [3.05, 3.63) is 62.0 Å². The van der Waals surface area contributed by atoms with Crippen molar-refractivity contribution in [2.45, 2.75) is 11.4 Å². The fourth-order valence-corrected chi connectivity index (χ4v) is 4.10. The summed E-state index contributed by atoms with van der Waals surface area (Å²) in [5, 5.41) is 0.182. The summed E-state index contributed by atoms with van der Waals surface area (Å²) < 4.78 is 28.6. The van der Waals surface area contributed by atoms with Gasteiger partial charge in [0, 0.05) is 15.5 Å². The molecule has 0 aromatic heterocycles. The molecule has 3 nitrogen and oxygen atoms in total. The smallest absolute Gasteiger partial charge is 0.207 e. The summed E-state index contributed by atoms with van der Waals surface area (Å²) >= 11 is 12.5. The SMILES string of the molecule is O=S(=O)(NCc1cccc(Br)c1)c1ccc(Br)cc1Cl. The number of hydrogen-bond acceptors (Lipinski definition) is 2. The van der Waals surface area contributed by atoms with E-state index in [4.69, 9.17) is 11.6 Å². The van der Waals surface area contributed by atoms with Crippen molar-refractivity contribution < 1.29 is 8.42 Å². The molecule has 0 aliphatic carbocycles. The van der Waals surface area contributed by atoms with Crippen molar-refractivity contribution in [3.8, 4) is 0 Å². The normalized spacial score (nSPS) is 11.6. The zero-order valence-corrected chi connectivity index (χ0v) is 14.9. The second kappa shape index (κ2) is 6.58. The van der Waals surface area contributed by atoms with E-state index >= 15 is 0 Å². The lowest BCUT2D eigenvalue weighted by molar-refractivity contribution is 0.581. The summed E-state index contributed by atoms with van der Waals surface area (Å²) in [4.78, 5) is 0.0670. The van der Waals surface area contributed by atoms with Crippen molar-refractivity contribution in [3.63, 3.8) is 0 Å². The molecular weight excluding hydrogens is 429 g/mol. The minimum Gasteiger partial charge on any atom is -0.207 e. The first-order chi connectivity index (χ1) is 9.38. The number of hydrogen-bond donors (Lipinski definition) is 1. The van der Waals surface area contributed by atoms with Gasteiger partial charge in [0.15, 0.2) is 0 Å². The van der Waals surface area contributed by atoms with Crippen LogP contribution in [0, 0.1) is 0 Å². The molecule has 0 aliphatic rings. The van der Waals surface area contributed by atoms with E-state index in [1.165, 1.54) is 6.07 Å². The van der Waals surface area contributed by atoms with E-state index < -0.39 is 10.0 Å². The molecule has 2 rings (SSSR count). The van der Waals surface area contributed by atoms with Crippen LogP contribution in [-0.4, -0.2) is 8.42 Å². The average Bonchev–Trinajstić information content (AvgIpc) is 2.36. The number of sulfonamides is 1. The molecule has 0 heterocycles. The Morgan fingerprint density at radius 3 is 2.40 bits per heavy atom. The lowest BCUT2D eigenvalue weighted by atomic mass is 10.2. The molecule has 106 valence electrons. The molecule has 0 saturated carbocycles. The van der Waals surface area contributed by atoms with Gasteiger partial charge in [0.1, 0.15) is 4.90 Å². The summed E-state index contributed by atoms with van der Waals surface area (Å²) in [6, 6.07) is 12.1. The Bertz CT molecular complexity index is 735. The molecular formula is C13H10Br2ClNO2S. The maximum absolute atomic E-state index is 12.2. The van der Waals surface area contributed by atoms with E-state index in [0.29, 0.717) is 0 Å². The summed E-state index contributed by atoms with van der Waals surface area (Å²) in [5.74, 6) is 0. The first-order valence-electron chi connectivity index (χ1n) is 5.58. The van der Waals surface area contributed by atoms with Crippen molar-refractivity contribution in [2.24, 2.45) is 0 Å². The number of nitrogens with one attached hydrogen (secondary N) is 1. The molecule has 20 heavy (non-hydrogen) atoms. The molecule has 0 bridgehead atoms. The average molecular weight is 440 g/mol. The number of rotatable bonds is 4. The molecule has 7 heteroatoms. The monoisotopic (exact) mass is 437 g/mol. The maximum Gasteiger partial charge on any atom is 0.242 e. The molecule has 0 unspecified atom stereocenters. The minimum absolute atomic E-state index is 0.0670. The Kier molecular flexibility index (Phi) is 5.25. The highest BCUT2D eigenvalue weighted by Crippen LogP contribution is 2.25. The number of halogens is 3. The number of benzene rings is 2. The van der Waals surface area contributed by atoms with Crippen LogP contribution in [0.5, 0.6) is 0 Å². The van der Waals surface area contributed by atoms with Crippen molar-refractivity contribution >= 4 is 53.5 Å². The summed E-state index contributed by atoms with van der Waals surface area (Å²) in [6.45, 7) is 0.203. The molecule has 2 aromatic carbocycles. The van der Waals surface area contributed by atoms with Gasteiger partial charge in [-0.2, -0.15) is 0 Å². The van der Waals surface area contributed by atoms with Crippen LogP contribution in [0.3, 0.4) is 0 Å². The Hall–Kier alpha value is -0.400. The molecule has 0 aliphatic heterocycles. The van der Waals surface area contributed by atoms with Crippen LogP contribution in [0.15, 0.2) is 56.3 Å². The van der Waals surface area contributed by atoms with Crippen LogP contribution in [-0.2, 0) is 16.6 Å². The van der Waals surface area contributed by atoms with Gasteiger partial charge in [0.25, 0.3) is 0 Å². The van der Waals surface area contributed by atoms with Gasteiger partial charge in [0.2, 0.25) is 10.0 Å². The van der Waals surface area contributed by atoms with E-state index in [2.05, 4.69) is 36.6 Å². The standard InChI is InChI=1S/C13H10Br2ClNO2S/c14-10-3-1-2-9(6-10)8-17-20(18,19)13-5-4-11(15)7-12(13)16/h1-7,17H,8H2. The Labute approximate surface area is 139 Å². The lowest BCUT2D eigenvalue weighted by Gasteiger charge is -2.09. The highest BCUT2D eigenvalue weighted by Gasteiger charge is 2.17. The van der Waals surface area contributed by atoms with Crippen LogP contribution in [0.4, 0.5) is 0 Å². The van der Waals surface area contributed by atoms with E-state index in [1.54, 1.807) is 12.1 Å². The zero-order valence-electron chi connectivity index (χ0n) is 10.1. The van der Waals surface area contributed by atoms with Gasteiger partial charge in [-0.1, -0.05) is 55.6 Å². The topological polar surface area (TPSA) is 46.2 Å². The molecule has 0 spiro atoms. The van der Waals surface area contributed by atoms with Gasteiger partial charge in [-0.05, 0) is 35.9 Å². The molecule has 0 saturated heterocycles. The van der Waals surface area contributed by atoms with Crippen molar-refractivity contribution in [1.82, 2.24) is 4.72 Å². The summed E-state index contributed by atoms with van der Waals surface area (Å²) in [5.41, 5.74) is 0.858. The third-order valence-electron chi connectivity index (χ3n) is 2.54. The molecule has 0 amide bonds. The first-order valence-corrected chi connectivity index (χ1v) is 9.02. The van der Waals surface area contributed by atoms with Gasteiger partial charge in [0.05, 0.1) is 5.02 Å². The molecule has 0 fully saturated rings. The molecule has 0 atom stereocenters. The molecule has 0 radical (unpaired) electrons. The van der Waals surface area contributed by atoms with Gasteiger partial charge in [-0.15, -0.1) is 0 Å². The summed E-state index contributed by atoms with van der Waals surface area (Å²) in [6.07, 6.45) is 0. The largest absolute Gasteiger partial charge is 0.242 e. The summed E-state index contributed by atoms with van der Waals surface area (Å²) in [7, 11) is -3.64. The van der Waals surface area contributed by atoms with Crippen molar-refractivity contribution in [2.75, 3.05) is 0 Å². The quantitative estimate of drug-likeness (QED) is 0.770. The zero-order chi connectivity index (χ0) is 14.8. The Balaban J connectivity index is 2.19. The van der Waals surface area contributed by atoms with E-state index in [0.717, 1.165) is 14.5 Å². The predicted octanol–water partition coefficient (Wildman–Crippen LogP) is 4.34. The van der Waals surface area contributed by atoms with Crippen LogP contribution in [0.1, 0.15) is 5.56 Å². The van der Waals surface area contributed by atoms with Crippen LogP contribution < -0.4 is 4.72 Å². The van der Waals surface area contributed by atoms with E-state index in [9.17, 15) is 8.42 Å². The molecule has 2 aromatic rings. The lowest BCUT2D eigenvalue weighted by Crippen LogP contribution is -2.23.